The maximum atomic E-state index is 5.95. The number of rotatable bonds is 2. The molecule has 0 amide bonds. The first kappa shape index (κ1) is 22.7. The van der Waals surface area contributed by atoms with Crippen LogP contribution in [-0.4, -0.2) is 14.2 Å². The second-order valence-electron chi connectivity index (χ2n) is 10.9. The maximum absolute atomic E-state index is 5.95. The van der Waals surface area contributed by atoms with Gasteiger partial charge in [0, 0.05) is 0 Å². The first-order valence-corrected chi connectivity index (χ1v) is 11.4. The van der Waals surface area contributed by atoms with Crippen LogP contribution in [0, 0.1) is 0 Å². The van der Waals surface area contributed by atoms with Crippen LogP contribution in [0.5, 0.6) is 11.5 Å². The monoisotopic (exact) mass is 408 g/mol. The molecule has 164 valence electrons. The summed E-state index contributed by atoms with van der Waals surface area (Å²) in [5.41, 5.74) is 8.45. The predicted octanol–water partition coefficient (Wildman–Crippen LogP) is 6.96. The van der Waals surface area contributed by atoms with Gasteiger partial charge in [0.1, 0.15) is 11.5 Å². The zero-order valence-corrected chi connectivity index (χ0v) is 20.4. The first-order chi connectivity index (χ1) is 14.0. The largest absolute Gasteiger partial charge is 0.496 e. The molecule has 0 fully saturated rings. The van der Waals surface area contributed by atoms with Gasteiger partial charge >= 0.3 is 0 Å². The molecule has 1 aliphatic carbocycles. The fourth-order valence-electron chi connectivity index (χ4n) is 4.54. The maximum Gasteiger partial charge on any atom is 0.125 e. The van der Waals surface area contributed by atoms with Crippen molar-refractivity contribution in [3.63, 3.8) is 0 Å². The van der Waals surface area contributed by atoms with Gasteiger partial charge in [-0.1, -0.05) is 65.8 Å². The smallest absolute Gasteiger partial charge is 0.125 e. The molecule has 2 aromatic carbocycles. The van der Waals surface area contributed by atoms with Crippen molar-refractivity contribution in [2.75, 3.05) is 14.2 Å². The number of ether oxygens (including phenoxy) is 2. The van der Waals surface area contributed by atoms with Gasteiger partial charge in [0.05, 0.1) is 14.2 Å². The normalized spacial score (nSPS) is 15.2. The number of benzene rings is 2. The third-order valence-electron chi connectivity index (χ3n) is 6.43. The summed E-state index contributed by atoms with van der Waals surface area (Å²) in [6.07, 6.45) is 6.36. The third-order valence-corrected chi connectivity index (χ3v) is 6.43. The Kier molecular flexibility index (Phi) is 6.55. The van der Waals surface area contributed by atoms with Crippen molar-refractivity contribution in [3.8, 4) is 11.5 Å². The third kappa shape index (κ3) is 4.85. The van der Waals surface area contributed by atoms with E-state index in [0.717, 1.165) is 50.0 Å². The summed E-state index contributed by atoms with van der Waals surface area (Å²) < 4.78 is 11.9. The van der Waals surface area contributed by atoms with Crippen LogP contribution >= 0.6 is 0 Å². The molecular formula is C28H40O2. The van der Waals surface area contributed by atoms with Gasteiger partial charge in [-0.2, -0.15) is 0 Å². The van der Waals surface area contributed by atoms with Gasteiger partial charge in [0.25, 0.3) is 0 Å². The highest BCUT2D eigenvalue weighted by molar-refractivity contribution is 5.50. The first-order valence-electron chi connectivity index (χ1n) is 11.4. The van der Waals surface area contributed by atoms with Crippen LogP contribution in [0.3, 0.4) is 0 Å². The van der Waals surface area contributed by atoms with Crippen LogP contribution in [0.25, 0.3) is 0 Å². The lowest BCUT2D eigenvalue weighted by Crippen LogP contribution is -2.15. The Labute approximate surface area is 184 Å². The molecule has 0 saturated heterocycles. The Morgan fingerprint density at radius 3 is 1.10 bits per heavy atom. The van der Waals surface area contributed by atoms with Crippen LogP contribution < -0.4 is 9.47 Å². The van der Waals surface area contributed by atoms with Crippen molar-refractivity contribution in [1.29, 1.82) is 0 Å². The van der Waals surface area contributed by atoms with Gasteiger partial charge in [-0.3, -0.25) is 0 Å². The highest BCUT2D eigenvalue weighted by Gasteiger charge is 2.23. The summed E-state index contributed by atoms with van der Waals surface area (Å²) >= 11 is 0. The van der Waals surface area contributed by atoms with Crippen LogP contribution in [-0.2, 0) is 36.5 Å². The van der Waals surface area contributed by atoms with Crippen molar-refractivity contribution in [3.05, 3.63) is 57.6 Å². The van der Waals surface area contributed by atoms with E-state index in [1.807, 2.05) is 14.2 Å². The van der Waals surface area contributed by atoms with Gasteiger partial charge in [0.15, 0.2) is 0 Å². The molecule has 0 unspecified atom stereocenters. The Balaban J connectivity index is 2.13. The SMILES string of the molecule is COc1c2cc(C(C)(C)C)cc1CCc1cc(C(C)(C)C)cc(c1OC)CCCC2. The van der Waals surface area contributed by atoms with Crippen LogP contribution in [0.2, 0.25) is 0 Å². The van der Waals surface area contributed by atoms with Crippen molar-refractivity contribution in [2.45, 2.75) is 90.9 Å². The van der Waals surface area contributed by atoms with E-state index in [-0.39, 0.29) is 10.8 Å². The van der Waals surface area contributed by atoms with Crippen LogP contribution in [0.4, 0.5) is 0 Å². The minimum Gasteiger partial charge on any atom is -0.496 e. The minimum absolute atomic E-state index is 0.129. The molecule has 0 aromatic heterocycles. The molecule has 0 aliphatic heterocycles. The van der Waals surface area contributed by atoms with Crippen molar-refractivity contribution in [1.82, 2.24) is 0 Å². The van der Waals surface area contributed by atoms with E-state index in [0.29, 0.717) is 0 Å². The molecule has 3 rings (SSSR count). The average molecular weight is 409 g/mol. The number of methoxy groups -OCH3 is 2. The fraction of sp³-hybridized carbons (Fsp3) is 0.571. The standard InChI is InChI=1S/C28H40O2/c1-27(2,3)23-15-19-11-9-10-12-20-16-24(28(4,5)6)18-22(26(20)30-8)14-13-21(17-23)25(19)29-7/h15-18H,9-14H2,1-8H3. The molecule has 0 heterocycles. The van der Waals surface area contributed by atoms with Gasteiger partial charge in [-0.25, -0.2) is 0 Å². The summed E-state index contributed by atoms with van der Waals surface area (Å²) in [5, 5.41) is 0. The lowest BCUT2D eigenvalue weighted by molar-refractivity contribution is 0.397. The molecule has 0 saturated carbocycles. The second kappa shape index (κ2) is 8.65. The van der Waals surface area contributed by atoms with E-state index in [2.05, 4.69) is 65.8 Å². The summed E-state index contributed by atoms with van der Waals surface area (Å²) in [7, 11) is 3.65. The molecule has 0 atom stereocenters. The van der Waals surface area contributed by atoms with Crippen molar-refractivity contribution in [2.24, 2.45) is 0 Å². The highest BCUT2D eigenvalue weighted by Crippen LogP contribution is 2.37. The van der Waals surface area contributed by atoms with E-state index >= 15 is 0 Å². The Morgan fingerprint density at radius 2 is 0.833 bits per heavy atom. The van der Waals surface area contributed by atoms with Gasteiger partial charge in [-0.05, 0) is 82.7 Å². The van der Waals surface area contributed by atoms with Gasteiger partial charge < -0.3 is 9.47 Å². The summed E-state index contributed by atoms with van der Waals surface area (Å²) in [4.78, 5) is 0. The number of fused-ring (bicyclic) bond motifs is 4. The fourth-order valence-corrected chi connectivity index (χ4v) is 4.54. The van der Waals surface area contributed by atoms with Gasteiger partial charge in [-0.15, -0.1) is 0 Å². The van der Waals surface area contributed by atoms with Crippen LogP contribution in [0.1, 0.15) is 87.8 Å². The molecule has 30 heavy (non-hydrogen) atoms. The van der Waals surface area contributed by atoms with Crippen molar-refractivity contribution < 1.29 is 9.47 Å². The van der Waals surface area contributed by atoms with E-state index in [1.165, 1.54) is 33.4 Å². The lowest BCUT2D eigenvalue weighted by Gasteiger charge is -2.26. The van der Waals surface area contributed by atoms with E-state index < -0.39 is 0 Å². The molecule has 2 heteroatoms. The minimum atomic E-state index is 0.129. The molecule has 2 nitrogen and oxygen atoms in total. The summed E-state index contributed by atoms with van der Waals surface area (Å²) in [6.45, 7) is 13.8. The Bertz CT molecular complexity index is 819. The lowest BCUT2D eigenvalue weighted by atomic mass is 9.81. The summed E-state index contributed by atoms with van der Waals surface area (Å²) in [5.74, 6) is 2.18. The van der Waals surface area contributed by atoms with Crippen molar-refractivity contribution >= 4 is 0 Å². The quantitative estimate of drug-likeness (QED) is 0.534. The molecule has 0 spiro atoms. The molecule has 1 aliphatic rings. The van der Waals surface area contributed by atoms with E-state index in [1.54, 1.807) is 0 Å². The molecule has 0 radical (unpaired) electrons. The molecule has 0 N–H and O–H groups in total. The number of aryl methyl sites for hydroxylation is 4. The topological polar surface area (TPSA) is 18.5 Å². The predicted molar refractivity (Wildman–Crippen MR) is 127 cm³/mol. The Hall–Kier alpha value is -1.96. The van der Waals surface area contributed by atoms with E-state index in [9.17, 15) is 0 Å². The van der Waals surface area contributed by atoms with Crippen LogP contribution in [0.15, 0.2) is 24.3 Å². The van der Waals surface area contributed by atoms with Gasteiger partial charge in [0.2, 0.25) is 0 Å². The molecule has 4 bridgehead atoms. The zero-order chi connectivity index (χ0) is 22.1. The molecular weight excluding hydrogens is 368 g/mol. The Morgan fingerprint density at radius 1 is 0.533 bits per heavy atom. The molecule has 2 aromatic rings. The number of hydrogen-bond donors (Lipinski definition) is 0. The second-order valence-corrected chi connectivity index (χ2v) is 10.9. The summed E-state index contributed by atoms with van der Waals surface area (Å²) in [6, 6.07) is 9.50. The zero-order valence-electron chi connectivity index (χ0n) is 20.4. The number of hydrogen-bond acceptors (Lipinski definition) is 2. The average Bonchev–Trinajstić information content (AvgIpc) is 2.66. The van der Waals surface area contributed by atoms with E-state index in [4.69, 9.17) is 9.47 Å². The highest BCUT2D eigenvalue weighted by atomic mass is 16.5.